The minimum atomic E-state index is -0.409. The third kappa shape index (κ3) is 6.38. The number of carbonyl (C=O) groups excluding carboxylic acids is 1. The number of hydrogen-bond donors (Lipinski definition) is 2. The lowest BCUT2D eigenvalue weighted by atomic mass is 9.96. The van der Waals surface area contributed by atoms with Crippen molar-refractivity contribution in [1.29, 1.82) is 0 Å². The summed E-state index contributed by atoms with van der Waals surface area (Å²) < 4.78 is 7.75. The fourth-order valence-corrected chi connectivity index (χ4v) is 4.41. The van der Waals surface area contributed by atoms with E-state index in [1.807, 2.05) is 33.0 Å². The Morgan fingerprint density at radius 2 is 1.89 bits per heavy atom. The van der Waals surface area contributed by atoms with Gasteiger partial charge in [0.1, 0.15) is 23.7 Å². The number of carbonyl (C=O) groups is 1. The first-order chi connectivity index (χ1) is 17.5. The van der Waals surface area contributed by atoms with Crippen LogP contribution in [-0.2, 0) is 18.9 Å². The molecule has 2 aromatic heterocycles. The molecule has 2 heterocycles. The van der Waals surface area contributed by atoms with Gasteiger partial charge in [-0.15, -0.1) is 0 Å². The lowest BCUT2D eigenvalue weighted by molar-refractivity contribution is 0.0934. The third-order valence-corrected chi connectivity index (χ3v) is 6.16. The Balaban J connectivity index is 1.51. The molecule has 1 atom stereocenters. The monoisotopic (exact) mass is 520 g/mol. The molecular weight excluding hydrogens is 488 g/mol. The summed E-state index contributed by atoms with van der Waals surface area (Å²) in [5.74, 6) is 1.88. The number of imidazole rings is 1. The van der Waals surface area contributed by atoms with Gasteiger partial charge in [-0.1, -0.05) is 56.6 Å². The Bertz CT molecular complexity index is 1350. The summed E-state index contributed by atoms with van der Waals surface area (Å²) >= 11 is 6.34. The largest absolute Gasteiger partial charge is 0.489 e. The Morgan fingerprint density at radius 1 is 1.16 bits per heavy atom. The SMILES string of the molecule is CC(C)Oc1ccc(C(=O)N[C@@H](Cc2ccc(-c3cn(C)c(C(C)(C)C)n3)cc2)c2ncn[nH]2)cc1Cl. The van der Waals surface area contributed by atoms with E-state index in [9.17, 15) is 4.79 Å². The van der Waals surface area contributed by atoms with Crippen molar-refractivity contribution in [3.8, 4) is 17.0 Å². The van der Waals surface area contributed by atoms with Crippen LogP contribution < -0.4 is 10.1 Å². The van der Waals surface area contributed by atoms with Crippen LogP contribution in [0.3, 0.4) is 0 Å². The number of benzene rings is 2. The van der Waals surface area contributed by atoms with Gasteiger partial charge in [0.2, 0.25) is 0 Å². The van der Waals surface area contributed by atoms with E-state index in [0.717, 1.165) is 22.6 Å². The van der Waals surface area contributed by atoms with E-state index in [2.05, 4.69) is 64.2 Å². The lowest BCUT2D eigenvalue weighted by Gasteiger charge is -2.18. The van der Waals surface area contributed by atoms with Crippen molar-refractivity contribution in [3.63, 3.8) is 0 Å². The summed E-state index contributed by atoms with van der Waals surface area (Å²) in [6.45, 7) is 10.3. The molecule has 0 spiro atoms. The fourth-order valence-electron chi connectivity index (χ4n) is 4.18. The van der Waals surface area contributed by atoms with Crippen molar-refractivity contribution < 1.29 is 9.53 Å². The highest BCUT2D eigenvalue weighted by atomic mass is 35.5. The molecular formula is C28H33ClN6O2. The number of hydrogen-bond acceptors (Lipinski definition) is 5. The predicted molar refractivity (Wildman–Crippen MR) is 145 cm³/mol. The van der Waals surface area contributed by atoms with E-state index in [4.69, 9.17) is 21.3 Å². The molecule has 0 fully saturated rings. The Hall–Kier alpha value is -3.65. The Morgan fingerprint density at radius 3 is 2.46 bits per heavy atom. The van der Waals surface area contributed by atoms with Crippen LogP contribution in [-0.4, -0.2) is 36.7 Å². The second-order valence-corrected chi connectivity index (χ2v) is 10.8. The second kappa shape index (κ2) is 10.8. The van der Waals surface area contributed by atoms with E-state index in [1.54, 1.807) is 18.2 Å². The molecule has 2 aromatic carbocycles. The van der Waals surface area contributed by atoms with Crippen LogP contribution in [0.4, 0.5) is 0 Å². The first-order valence-electron chi connectivity index (χ1n) is 12.3. The molecule has 2 N–H and O–H groups in total. The molecule has 1 amide bonds. The highest BCUT2D eigenvalue weighted by Gasteiger charge is 2.22. The van der Waals surface area contributed by atoms with E-state index in [0.29, 0.717) is 28.6 Å². The van der Waals surface area contributed by atoms with Crippen molar-refractivity contribution in [2.75, 3.05) is 0 Å². The van der Waals surface area contributed by atoms with Crippen LogP contribution in [0, 0.1) is 0 Å². The molecule has 4 aromatic rings. The van der Waals surface area contributed by atoms with Crippen molar-refractivity contribution in [2.45, 2.75) is 58.6 Å². The number of H-pyrrole nitrogens is 1. The molecule has 0 bridgehead atoms. The number of rotatable bonds is 8. The van der Waals surface area contributed by atoms with Gasteiger partial charge in [-0.3, -0.25) is 9.89 Å². The molecule has 0 saturated heterocycles. The maximum atomic E-state index is 13.1. The maximum Gasteiger partial charge on any atom is 0.251 e. The van der Waals surface area contributed by atoms with Crippen molar-refractivity contribution in [2.24, 2.45) is 7.05 Å². The predicted octanol–water partition coefficient (Wildman–Crippen LogP) is 5.66. The normalized spacial score (nSPS) is 12.5. The van der Waals surface area contributed by atoms with Crippen LogP contribution >= 0.6 is 11.6 Å². The zero-order valence-electron chi connectivity index (χ0n) is 22.0. The van der Waals surface area contributed by atoms with Gasteiger partial charge in [-0.2, -0.15) is 5.10 Å². The Kier molecular flexibility index (Phi) is 7.68. The van der Waals surface area contributed by atoms with E-state index >= 15 is 0 Å². The number of halogens is 1. The summed E-state index contributed by atoms with van der Waals surface area (Å²) in [5.41, 5.74) is 3.40. The van der Waals surface area contributed by atoms with Crippen molar-refractivity contribution >= 4 is 17.5 Å². The zero-order valence-corrected chi connectivity index (χ0v) is 22.8. The van der Waals surface area contributed by atoms with Gasteiger partial charge < -0.3 is 14.6 Å². The standard InChI is InChI=1S/C28H33ClN6O2/c1-17(2)37-24-12-11-20(14-21(24)29)26(36)32-22(25-30-16-31-34-25)13-18-7-9-19(10-8-18)23-15-35(6)27(33-23)28(3,4)5/h7-12,14-17,22H,13H2,1-6H3,(H,32,36)(H,30,31,34)/t22-/m0/s1. The topological polar surface area (TPSA) is 97.7 Å². The molecule has 37 heavy (non-hydrogen) atoms. The smallest absolute Gasteiger partial charge is 0.251 e. The van der Waals surface area contributed by atoms with Gasteiger partial charge in [0, 0.05) is 29.8 Å². The average molecular weight is 521 g/mol. The minimum absolute atomic E-state index is 0.0161. The van der Waals surface area contributed by atoms with E-state index in [1.165, 1.54) is 6.33 Å². The van der Waals surface area contributed by atoms with E-state index in [-0.39, 0.29) is 17.4 Å². The van der Waals surface area contributed by atoms with Crippen molar-refractivity contribution in [1.82, 2.24) is 30.0 Å². The molecule has 0 saturated carbocycles. The summed E-state index contributed by atoms with van der Waals surface area (Å²) in [4.78, 5) is 22.2. The molecule has 0 aliphatic carbocycles. The summed E-state index contributed by atoms with van der Waals surface area (Å²) in [6.07, 6.45) is 3.99. The van der Waals surface area contributed by atoms with Crippen LogP contribution in [0.15, 0.2) is 55.0 Å². The maximum absolute atomic E-state index is 13.1. The average Bonchev–Trinajstić information content (AvgIpc) is 3.50. The minimum Gasteiger partial charge on any atom is -0.489 e. The highest BCUT2D eigenvalue weighted by molar-refractivity contribution is 6.32. The van der Waals surface area contributed by atoms with Crippen LogP contribution in [0.2, 0.25) is 5.02 Å². The number of ether oxygens (including phenoxy) is 1. The molecule has 8 nitrogen and oxygen atoms in total. The van der Waals surface area contributed by atoms with E-state index < -0.39 is 6.04 Å². The number of amides is 1. The Labute approximate surface area is 222 Å². The molecule has 0 aliphatic heterocycles. The molecule has 0 unspecified atom stereocenters. The molecule has 9 heteroatoms. The summed E-state index contributed by atoms with van der Waals surface area (Å²) in [5, 5.41) is 10.3. The number of aryl methyl sites for hydroxylation is 1. The first-order valence-corrected chi connectivity index (χ1v) is 12.6. The highest BCUT2D eigenvalue weighted by Crippen LogP contribution is 2.28. The lowest BCUT2D eigenvalue weighted by Crippen LogP contribution is -2.30. The summed E-state index contributed by atoms with van der Waals surface area (Å²) in [6, 6.07) is 12.8. The van der Waals surface area contributed by atoms with Crippen molar-refractivity contribution in [3.05, 3.63) is 82.8 Å². The number of aromatic amines is 1. The number of aromatic nitrogens is 5. The van der Waals surface area contributed by atoms with Gasteiger partial charge >= 0.3 is 0 Å². The van der Waals surface area contributed by atoms with Gasteiger partial charge in [-0.05, 0) is 44.0 Å². The number of nitrogens with zero attached hydrogens (tertiary/aromatic N) is 4. The van der Waals surface area contributed by atoms with Crippen LogP contribution in [0.1, 0.15) is 68.2 Å². The zero-order chi connectivity index (χ0) is 26.7. The van der Waals surface area contributed by atoms with Crippen LogP contribution in [0.25, 0.3) is 11.3 Å². The van der Waals surface area contributed by atoms with Gasteiger partial charge in [-0.25, -0.2) is 9.97 Å². The van der Waals surface area contributed by atoms with Crippen LogP contribution in [0.5, 0.6) is 5.75 Å². The summed E-state index contributed by atoms with van der Waals surface area (Å²) in [7, 11) is 2.02. The van der Waals surface area contributed by atoms with Gasteiger partial charge in [0.25, 0.3) is 5.91 Å². The molecule has 4 rings (SSSR count). The number of nitrogens with one attached hydrogen (secondary N) is 2. The van der Waals surface area contributed by atoms with Gasteiger partial charge in [0.05, 0.1) is 22.9 Å². The van der Waals surface area contributed by atoms with Gasteiger partial charge in [0.15, 0.2) is 0 Å². The molecule has 194 valence electrons. The second-order valence-electron chi connectivity index (χ2n) is 10.4. The molecule has 0 radical (unpaired) electrons. The molecule has 0 aliphatic rings. The first kappa shape index (κ1) is 26.4. The quantitative estimate of drug-likeness (QED) is 0.312. The fraction of sp³-hybridized carbons (Fsp3) is 0.357. The third-order valence-electron chi connectivity index (χ3n) is 5.86.